The van der Waals surface area contributed by atoms with E-state index in [1.807, 2.05) is 19.1 Å². The molecule has 0 aliphatic rings. The molecule has 0 amide bonds. The average molecular weight is 261 g/mol. The van der Waals surface area contributed by atoms with Gasteiger partial charge in [-0.05, 0) is 28.3 Å². The van der Waals surface area contributed by atoms with Crippen LogP contribution in [0.25, 0.3) is 10.1 Å². The van der Waals surface area contributed by atoms with Crippen LogP contribution in [-0.2, 0) is 11.2 Å². The van der Waals surface area contributed by atoms with Gasteiger partial charge in [0.05, 0.1) is 6.04 Å². The highest BCUT2D eigenvalue weighted by Gasteiger charge is 2.20. The predicted octanol–water partition coefficient (Wildman–Crippen LogP) is 3.39. The van der Waals surface area contributed by atoms with Crippen molar-refractivity contribution >= 4 is 27.2 Å². The molecule has 0 radical (unpaired) electrons. The van der Waals surface area contributed by atoms with Crippen LogP contribution >= 0.6 is 11.3 Å². The first-order valence-corrected chi connectivity index (χ1v) is 7.24. The average Bonchev–Trinajstić information content (AvgIpc) is 2.80. The van der Waals surface area contributed by atoms with Crippen LogP contribution in [0.2, 0.25) is 0 Å². The van der Waals surface area contributed by atoms with Crippen LogP contribution in [0.3, 0.4) is 0 Å². The minimum absolute atomic E-state index is 0.146. The number of carbonyl (C=O) groups is 1. The quantitative estimate of drug-likeness (QED) is 0.896. The second-order valence-electron chi connectivity index (χ2n) is 4.81. The Balaban J connectivity index is 2.16. The fourth-order valence-electron chi connectivity index (χ4n) is 2.05. The van der Waals surface area contributed by atoms with Gasteiger partial charge >= 0.3 is 0 Å². The summed E-state index contributed by atoms with van der Waals surface area (Å²) in [7, 11) is 0. The molecule has 0 spiro atoms. The van der Waals surface area contributed by atoms with Crippen molar-refractivity contribution in [3.63, 3.8) is 0 Å². The van der Waals surface area contributed by atoms with Gasteiger partial charge in [0, 0.05) is 11.1 Å². The molecular weight excluding hydrogens is 242 g/mol. The number of hydrogen-bond acceptors (Lipinski definition) is 3. The van der Waals surface area contributed by atoms with E-state index < -0.39 is 0 Å². The molecule has 2 atom stereocenters. The number of Topliss-reactive ketones (excluding diaryl/α,β-unsaturated/α-hetero) is 1. The lowest BCUT2D eigenvalue weighted by Crippen LogP contribution is -2.37. The third-order valence-corrected chi connectivity index (χ3v) is 4.57. The Morgan fingerprint density at radius 2 is 2.11 bits per heavy atom. The van der Waals surface area contributed by atoms with Crippen LogP contribution in [0.5, 0.6) is 0 Å². The van der Waals surface area contributed by atoms with Crippen molar-refractivity contribution in [2.45, 2.75) is 32.7 Å². The number of thiophene rings is 1. The summed E-state index contributed by atoms with van der Waals surface area (Å²) in [6.45, 7) is 4.10. The molecule has 0 saturated heterocycles. The van der Waals surface area contributed by atoms with E-state index in [2.05, 4.69) is 24.4 Å². The Kier molecular flexibility index (Phi) is 4.15. The van der Waals surface area contributed by atoms with E-state index >= 15 is 0 Å². The van der Waals surface area contributed by atoms with Gasteiger partial charge in [-0.15, -0.1) is 11.3 Å². The van der Waals surface area contributed by atoms with Gasteiger partial charge in [0.15, 0.2) is 5.78 Å². The summed E-state index contributed by atoms with van der Waals surface area (Å²) in [6, 6.07) is 7.85. The van der Waals surface area contributed by atoms with E-state index in [1.54, 1.807) is 11.3 Å². The molecule has 0 aliphatic carbocycles. The van der Waals surface area contributed by atoms with E-state index in [0.29, 0.717) is 6.42 Å². The lowest BCUT2D eigenvalue weighted by molar-refractivity contribution is -0.120. The number of ketones is 1. The largest absolute Gasteiger partial charge is 0.321 e. The second-order valence-corrected chi connectivity index (χ2v) is 5.72. The standard InChI is InChI=1S/C15H19NOS/c1-3-10(2)15(16)13(17)8-11-9-18-14-7-5-4-6-12(11)14/h4-7,9-10,15H,3,8,16H2,1-2H3. The van der Waals surface area contributed by atoms with Gasteiger partial charge in [-0.25, -0.2) is 0 Å². The molecule has 0 saturated carbocycles. The summed E-state index contributed by atoms with van der Waals surface area (Å²) in [4.78, 5) is 12.1. The molecule has 0 bridgehead atoms. The number of rotatable bonds is 5. The van der Waals surface area contributed by atoms with E-state index in [9.17, 15) is 4.79 Å². The van der Waals surface area contributed by atoms with Gasteiger partial charge in [-0.3, -0.25) is 4.79 Å². The highest BCUT2D eigenvalue weighted by atomic mass is 32.1. The Labute approximate surface area is 112 Å². The maximum absolute atomic E-state index is 12.1. The zero-order valence-corrected chi connectivity index (χ0v) is 11.7. The molecule has 2 rings (SSSR count). The SMILES string of the molecule is CCC(C)C(N)C(=O)Cc1csc2ccccc12. The molecule has 2 aromatic rings. The number of hydrogen-bond donors (Lipinski definition) is 1. The first-order chi connectivity index (χ1) is 8.63. The van der Waals surface area contributed by atoms with E-state index in [1.165, 1.54) is 10.1 Å². The Hall–Kier alpha value is -1.19. The van der Waals surface area contributed by atoms with E-state index in [-0.39, 0.29) is 17.7 Å². The predicted molar refractivity (Wildman–Crippen MR) is 78.0 cm³/mol. The van der Waals surface area contributed by atoms with Crippen LogP contribution < -0.4 is 5.73 Å². The Morgan fingerprint density at radius 1 is 1.39 bits per heavy atom. The second kappa shape index (κ2) is 5.63. The molecule has 18 heavy (non-hydrogen) atoms. The topological polar surface area (TPSA) is 43.1 Å². The number of nitrogens with two attached hydrogens (primary N) is 1. The lowest BCUT2D eigenvalue weighted by Gasteiger charge is -2.16. The minimum Gasteiger partial charge on any atom is -0.321 e. The third kappa shape index (κ3) is 2.62. The Morgan fingerprint density at radius 3 is 2.83 bits per heavy atom. The molecule has 1 aromatic heterocycles. The smallest absolute Gasteiger partial charge is 0.154 e. The Bertz CT molecular complexity index is 546. The van der Waals surface area contributed by atoms with E-state index in [4.69, 9.17) is 5.73 Å². The summed E-state index contributed by atoms with van der Waals surface area (Å²) in [5.74, 6) is 0.398. The van der Waals surface area contributed by atoms with Crippen LogP contribution in [-0.4, -0.2) is 11.8 Å². The molecule has 1 aromatic carbocycles. The van der Waals surface area contributed by atoms with Crippen molar-refractivity contribution in [2.75, 3.05) is 0 Å². The molecule has 0 aliphatic heterocycles. The van der Waals surface area contributed by atoms with Crippen LogP contribution in [0, 0.1) is 5.92 Å². The maximum Gasteiger partial charge on any atom is 0.154 e. The van der Waals surface area contributed by atoms with Crippen molar-refractivity contribution in [3.8, 4) is 0 Å². The summed E-state index contributed by atoms with van der Waals surface area (Å²) < 4.78 is 1.23. The minimum atomic E-state index is -0.339. The molecule has 2 nitrogen and oxygen atoms in total. The molecule has 0 fully saturated rings. The highest BCUT2D eigenvalue weighted by Crippen LogP contribution is 2.26. The first kappa shape index (κ1) is 13.2. The lowest BCUT2D eigenvalue weighted by atomic mass is 9.93. The summed E-state index contributed by atoms with van der Waals surface area (Å²) in [5, 5.41) is 3.26. The molecule has 96 valence electrons. The molecule has 2 unspecified atom stereocenters. The number of benzene rings is 1. The fraction of sp³-hybridized carbons (Fsp3) is 0.400. The van der Waals surface area contributed by atoms with Crippen molar-refractivity contribution in [1.29, 1.82) is 0 Å². The van der Waals surface area contributed by atoms with Crippen LogP contribution in [0.1, 0.15) is 25.8 Å². The summed E-state index contributed by atoms with van der Waals surface area (Å²) in [6.07, 6.45) is 1.40. The van der Waals surface area contributed by atoms with E-state index in [0.717, 1.165) is 12.0 Å². The highest BCUT2D eigenvalue weighted by molar-refractivity contribution is 7.17. The van der Waals surface area contributed by atoms with Crippen molar-refractivity contribution < 1.29 is 4.79 Å². The van der Waals surface area contributed by atoms with Crippen molar-refractivity contribution in [2.24, 2.45) is 11.7 Å². The van der Waals surface area contributed by atoms with Gasteiger partial charge in [0.25, 0.3) is 0 Å². The van der Waals surface area contributed by atoms with Gasteiger partial charge in [0.1, 0.15) is 0 Å². The first-order valence-electron chi connectivity index (χ1n) is 6.37. The van der Waals surface area contributed by atoms with Crippen molar-refractivity contribution in [1.82, 2.24) is 0 Å². The van der Waals surface area contributed by atoms with Gasteiger partial charge in [0.2, 0.25) is 0 Å². The monoisotopic (exact) mass is 261 g/mol. The van der Waals surface area contributed by atoms with Crippen molar-refractivity contribution in [3.05, 3.63) is 35.2 Å². The normalized spacial score (nSPS) is 14.6. The zero-order valence-electron chi connectivity index (χ0n) is 10.8. The zero-order chi connectivity index (χ0) is 13.1. The molecule has 2 N–H and O–H groups in total. The maximum atomic E-state index is 12.1. The molecule has 1 heterocycles. The van der Waals surface area contributed by atoms with Crippen LogP contribution in [0.4, 0.5) is 0 Å². The van der Waals surface area contributed by atoms with Gasteiger partial charge in [-0.2, -0.15) is 0 Å². The number of fused-ring (bicyclic) bond motifs is 1. The summed E-state index contributed by atoms with van der Waals surface area (Å²) >= 11 is 1.69. The molecule has 3 heteroatoms. The number of carbonyl (C=O) groups excluding carboxylic acids is 1. The third-order valence-electron chi connectivity index (χ3n) is 3.55. The molecular formula is C15H19NOS. The summed E-state index contributed by atoms with van der Waals surface area (Å²) in [5.41, 5.74) is 7.10. The van der Waals surface area contributed by atoms with Gasteiger partial charge in [-0.1, -0.05) is 38.5 Å². The van der Waals surface area contributed by atoms with Crippen LogP contribution in [0.15, 0.2) is 29.6 Å². The van der Waals surface area contributed by atoms with Gasteiger partial charge < -0.3 is 5.73 Å². The fourth-order valence-corrected chi connectivity index (χ4v) is 3.01.